The zero-order chi connectivity index (χ0) is 16.5. The molecule has 0 aromatic heterocycles. The molecule has 1 N–H and O–H groups in total. The number of nitrogens with zero attached hydrogens (tertiary/aromatic N) is 1. The molecule has 3 aliphatic rings. The molecule has 0 radical (unpaired) electrons. The second-order valence-corrected chi connectivity index (χ2v) is 10.3. The van der Waals surface area contributed by atoms with Gasteiger partial charge in [-0.2, -0.15) is 11.8 Å². The maximum absolute atomic E-state index is 10.9. The summed E-state index contributed by atoms with van der Waals surface area (Å²) >= 11 is 2.20. The fourth-order valence-electron chi connectivity index (χ4n) is 4.97. The summed E-state index contributed by atoms with van der Waals surface area (Å²) in [4.78, 5) is 2.59. The van der Waals surface area contributed by atoms with E-state index in [-0.39, 0.29) is 12.1 Å². The first kappa shape index (κ1) is 18.0. The molecule has 3 fully saturated rings. The molecular weight excluding hydrogens is 306 g/mol. The second kappa shape index (κ2) is 7.23. The van der Waals surface area contributed by atoms with Crippen molar-refractivity contribution in [3.8, 4) is 0 Å². The normalized spacial score (nSPS) is 34.4. The maximum Gasteiger partial charge on any atom is 0.0771 e. The van der Waals surface area contributed by atoms with Crippen LogP contribution in [0.25, 0.3) is 0 Å². The van der Waals surface area contributed by atoms with Crippen molar-refractivity contribution in [2.75, 3.05) is 25.4 Å². The molecule has 1 saturated carbocycles. The SMILES string of the molecule is C[C@H]1CCO[C@H]([C@@H](N2CCSC3(CCCCC3)C2)C(C)(C)O)C1. The van der Waals surface area contributed by atoms with E-state index in [4.69, 9.17) is 4.74 Å². The molecule has 0 amide bonds. The molecule has 1 spiro atoms. The summed E-state index contributed by atoms with van der Waals surface area (Å²) in [6.07, 6.45) is 9.31. The fourth-order valence-corrected chi connectivity index (χ4v) is 6.56. The molecule has 3 rings (SSSR count). The summed E-state index contributed by atoms with van der Waals surface area (Å²) in [5.74, 6) is 1.91. The quantitative estimate of drug-likeness (QED) is 0.848. The van der Waals surface area contributed by atoms with Gasteiger partial charge in [0.05, 0.1) is 17.7 Å². The highest BCUT2D eigenvalue weighted by atomic mass is 32.2. The van der Waals surface area contributed by atoms with E-state index >= 15 is 0 Å². The molecule has 2 saturated heterocycles. The van der Waals surface area contributed by atoms with E-state index < -0.39 is 5.60 Å². The lowest BCUT2D eigenvalue weighted by atomic mass is 9.83. The molecule has 0 unspecified atom stereocenters. The lowest BCUT2D eigenvalue weighted by Crippen LogP contribution is -2.62. The Morgan fingerprint density at radius 3 is 2.65 bits per heavy atom. The first-order valence-electron chi connectivity index (χ1n) is 9.62. The van der Waals surface area contributed by atoms with Crippen LogP contribution in [-0.4, -0.2) is 57.9 Å². The smallest absolute Gasteiger partial charge is 0.0771 e. The van der Waals surface area contributed by atoms with Crippen LogP contribution in [0.15, 0.2) is 0 Å². The number of thioether (sulfide) groups is 1. The third-order valence-electron chi connectivity index (χ3n) is 6.09. The van der Waals surface area contributed by atoms with Crippen molar-refractivity contribution in [1.82, 2.24) is 4.90 Å². The molecule has 23 heavy (non-hydrogen) atoms. The lowest BCUT2D eigenvalue weighted by molar-refractivity contribution is -0.123. The van der Waals surface area contributed by atoms with Gasteiger partial charge in [0, 0.05) is 30.2 Å². The van der Waals surface area contributed by atoms with Gasteiger partial charge in [-0.15, -0.1) is 0 Å². The zero-order valence-corrected chi connectivity index (χ0v) is 16.0. The summed E-state index contributed by atoms with van der Waals surface area (Å²) in [5.41, 5.74) is -0.709. The second-order valence-electron chi connectivity index (χ2n) is 8.70. The molecule has 2 aliphatic heterocycles. The Morgan fingerprint density at radius 2 is 2.00 bits per heavy atom. The molecular formula is C19H35NO2S. The van der Waals surface area contributed by atoms with Gasteiger partial charge < -0.3 is 9.84 Å². The standard InChI is InChI=1S/C19H35NO2S/c1-15-7-11-22-16(13-15)17(18(2,3)21)20-10-12-23-19(14-20)8-5-4-6-9-19/h15-17,21H,4-14H2,1-3H3/t15-,16-,17+/m0/s1. The number of hydrogen-bond acceptors (Lipinski definition) is 4. The Labute approximate surface area is 146 Å². The van der Waals surface area contributed by atoms with Crippen molar-refractivity contribution in [3.05, 3.63) is 0 Å². The Kier molecular flexibility index (Phi) is 5.67. The van der Waals surface area contributed by atoms with E-state index in [1.165, 1.54) is 37.9 Å². The average molecular weight is 342 g/mol. The number of hydrogen-bond donors (Lipinski definition) is 1. The van der Waals surface area contributed by atoms with Gasteiger partial charge in [0.2, 0.25) is 0 Å². The number of aliphatic hydroxyl groups is 1. The molecule has 3 atom stereocenters. The molecule has 3 nitrogen and oxygen atoms in total. The Hall–Kier alpha value is 0.230. The van der Waals surface area contributed by atoms with E-state index in [1.807, 2.05) is 13.8 Å². The van der Waals surface area contributed by atoms with E-state index in [9.17, 15) is 5.11 Å². The van der Waals surface area contributed by atoms with Gasteiger partial charge in [-0.3, -0.25) is 4.90 Å². The molecule has 4 heteroatoms. The van der Waals surface area contributed by atoms with E-state index in [0.29, 0.717) is 10.7 Å². The highest BCUT2D eigenvalue weighted by molar-refractivity contribution is 8.00. The third kappa shape index (κ3) is 4.26. The highest BCUT2D eigenvalue weighted by Crippen LogP contribution is 2.44. The van der Waals surface area contributed by atoms with Gasteiger partial charge in [0.15, 0.2) is 0 Å². The molecule has 134 valence electrons. The summed E-state index contributed by atoms with van der Waals surface area (Å²) in [6.45, 7) is 9.37. The minimum absolute atomic E-state index is 0.130. The summed E-state index contributed by atoms with van der Waals surface area (Å²) in [7, 11) is 0. The van der Waals surface area contributed by atoms with Crippen LogP contribution in [0.1, 0.15) is 65.7 Å². The predicted molar refractivity (Wildman–Crippen MR) is 98.1 cm³/mol. The van der Waals surface area contributed by atoms with Crippen LogP contribution in [0.5, 0.6) is 0 Å². The molecule has 2 heterocycles. The first-order chi connectivity index (χ1) is 10.9. The summed E-state index contributed by atoms with van der Waals surface area (Å²) in [6, 6.07) is 0.130. The van der Waals surface area contributed by atoms with Crippen molar-refractivity contribution in [1.29, 1.82) is 0 Å². The van der Waals surface area contributed by atoms with Crippen molar-refractivity contribution in [2.24, 2.45) is 5.92 Å². The van der Waals surface area contributed by atoms with Crippen LogP contribution in [-0.2, 0) is 4.74 Å². The monoisotopic (exact) mass is 341 g/mol. The van der Waals surface area contributed by atoms with Crippen LogP contribution in [0, 0.1) is 5.92 Å². The van der Waals surface area contributed by atoms with Crippen LogP contribution in [0.2, 0.25) is 0 Å². The van der Waals surface area contributed by atoms with Gasteiger partial charge in [-0.05, 0) is 45.4 Å². The van der Waals surface area contributed by atoms with Crippen LogP contribution in [0.3, 0.4) is 0 Å². The van der Waals surface area contributed by atoms with Crippen LogP contribution < -0.4 is 0 Å². The Bertz CT molecular complexity index is 384. The van der Waals surface area contributed by atoms with Gasteiger partial charge in [-0.1, -0.05) is 26.2 Å². The molecule has 1 aliphatic carbocycles. The predicted octanol–water partition coefficient (Wildman–Crippen LogP) is 3.69. The average Bonchev–Trinajstić information content (AvgIpc) is 2.47. The van der Waals surface area contributed by atoms with E-state index in [2.05, 4.69) is 23.6 Å². The van der Waals surface area contributed by atoms with Crippen molar-refractivity contribution in [3.63, 3.8) is 0 Å². The van der Waals surface area contributed by atoms with E-state index in [0.717, 1.165) is 32.5 Å². The molecule has 0 aromatic rings. The third-order valence-corrected chi connectivity index (χ3v) is 7.63. The topological polar surface area (TPSA) is 32.7 Å². The summed E-state index contributed by atoms with van der Waals surface area (Å²) < 4.78 is 6.60. The highest BCUT2D eigenvalue weighted by Gasteiger charge is 2.46. The van der Waals surface area contributed by atoms with Gasteiger partial charge in [0.25, 0.3) is 0 Å². The van der Waals surface area contributed by atoms with Crippen molar-refractivity contribution >= 4 is 11.8 Å². The van der Waals surface area contributed by atoms with E-state index in [1.54, 1.807) is 0 Å². The first-order valence-corrected chi connectivity index (χ1v) is 10.6. The van der Waals surface area contributed by atoms with Crippen LogP contribution in [0.4, 0.5) is 0 Å². The van der Waals surface area contributed by atoms with Crippen LogP contribution >= 0.6 is 11.8 Å². The number of ether oxygens (including phenoxy) is 1. The summed E-state index contributed by atoms with van der Waals surface area (Å²) in [5, 5.41) is 10.9. The molecule has 0 aromatic carbocycles. The van der Waals surface area contributed by atoms with Gasteiger partial charge in [-0.25, -0.2) is 0 Å². The number of rotatable bonds is 3. The minimum atomic E-state index is -0.709. The Morgan fingerprint density at radius 1 is 1.26 bits per heavy atom. The van der Waals surface area contributed by atoms with Crippen molar-refractivity contribution < 1.29 is 9.84 Å². The Balaban J connectivity index is 1.76. The fraction of sp³-hybridized carbons (Fsp3) is 1.00. The molecule has 0 bridgehead atoms. The largest absolute Gasteiger partial charge is 0.389 e. The zero-order valence-electron chi connectivity index (χ0n) is 15.2. The maximum atomic E-state index is 10.9. The lowest BCUT2D eigenvalue weighted by Gasteiger charge is -2.52. The van der Waals surface area contributed by atoms with Crippen molar-refractivity contribution in [2.45, 2.75) is 88.2 Å². The van der Waals surface area contributed by atoms with Gasteiger partial charge in [0.1, 0.15) is 0 Å². The minimum Gasteiger partial charge on any atom is -0.389 e. The van der Waals surface area contributed by atoms with Gasteiger partial charge >= 0.3 is 0 Å².